The van der Waals surface area contributed by atoms with Crippen LogP contribution in [0.5, 0.6) is 0 Å². The first-order chi connectivity index (χ1) is 17.5. The molecule has 11 heteroatoms. The molecule has 0 aromatic heterocycles. The number of amides is 2. The van der Waals surface area contributed by atoms with E-state index in [2.05, 4.69) is 5.32 Å². The Morgan fingerprint density at radius 1 is 1.03 bits per heavy atom. The molecule has 202 valence electrons. The largest absolute Gasteiger partial charge is 0.352 e. The number of halogens is 3. The molecular weight excluding hydrogens is 557 g/mol. The molecule has 3 rings (SSSR count). The summed E-state index contributed by atoms with van der Waals surface area (Å²) in [6.07, 6.45) is 5.44. The van der Waals surface area contributed by atoms with Gasteiger partial charge in [0.2, 0.25) is 21.8 Å². The fourth-order valence-electron chi connectivity index (χ4n) is 4.42. The van der Waals surface area contributed by atoms with Gasteiger partial charge >= 0.3 is 0 Å². The summed E-state index contributed by atoms with van der Waals surface area (Å²) < 4.78 is 26.1. The summed E-state index contributed by atoms with van der Waals surface area (Å²) >= 11 is 18.3. The molecule has 37 heavy (non-hydrogen) atoms. The predicted molar refractivity (Wildman–Crippen MR) is 150 cm³/mol. The zero-order valence-electron chi connectivity index (χ0n) is 20.9. The lowest BCUT2D eigenvalue weighted by Crippen LogP contribution is -2.49. The van der Waals surface area contributed by atoms with Gasteiger partial charge in [0.05, 0.1) is 11.9 Å². The maximum Gasteiger partial charge on any atom is 0.242 e. The lowest BCUT2D eigenvalue weighted by atomic mass is 10.1. The van der Waals surface area contributed by atoms with Crippen LogP contribution >= 0.6 is 34.8 Å². The van der Waals surface area contributed by atoms with E-state index in [0.29, 0.717) is 26.3 Å². The summed E-state index contributed by atoms with van der Waals surface area (Å²) in [5, 5.41) is 4.43. The highest BCUT2D eigenvalue weighted by Crippen LogP contribution is 2.25. The Balaban J connectivity index is 1.74. The minimum absolute atomic E-state index is 0.0475. The van der Waals surface area contributed by atoms with Crippen molar-refractivity contribution in [2.24, 2.45) is 0 Å². The van der Waals surface area contributed by atoms with Gasteiger partial charge in [0.15, 0.2) is 0 Å². The minimum Gasteiger partial charge on any atom is -0.352 e. The molecule has 1 saturated carbocycles. The van der Waals surface area contributed by atoms with E-state index < -0.39 is 16.1 Å². The summed E-state index contributed by atoms with van der Waals surface area (Å²) in [4.78, 5) is 27.9. The Hall–Kier alpha value is -2.00. The molecule has 7 nitrogen and oxygen atoms in total. The van der Waals surface area contributed by atoms with Crippen molar-refractivity contribution < 1.29 is 18.0 Å². The second kappa shape index (κ2) is 13.2. The smallest absolute Gasteiger partial charge is 0.242 e. The van der Waals surface area contributed by atoms with Gasteiger partial charge < -0.3 is 10.2 Å². The Morgan fingerprint density at radius 3 is 2.24 bits per heavy atom. The van der Waals surface area contributed by atoms with Gasteiger partial charge in [-0.1, -0.05) is 53.7 Å². The number of nitrogens with one attached hydrogen (secondary N) is 1. The van der Waals surface area contributed by atoms with E-state index in [1.807, 2.05) is 0 Å². The van der Waals surface area contributed by atoms with Crippen molar-refractivity contribution in [3.8, 4) is 0 Å². The van der Waals surface area contributed by atoms with Crippen LogP contribution in [-0.4, -0.2) is 50.0 Å². The van der Waals surface area contributed by atoms with Gasteiger partial charge in [0, 0.05) is 40.6 Å². The van der Waals surface area contributed by atoms with Crippen molar-refractivity contribution in [1.82, 2.24) is 10.2 Å². The van der Waals surface area contributed by atoms with Crippen LogP contribution < -0.4 is 9.62 Å². The number of sulfonamides is 1. The zero-order valence-corrected chi connectivity index (χ0v) is 24.0. The van der Waals surface area contributed by atoms with Gasteiger partial charge in [0.25, 0.3) is 0 Å². The molecule has 0 aliphatic heterocycles. The normalized spacial score (nSPS) is 14.8. The monoisotopic (exact) mass is 587 g/mol. The van der Waals surface area contributed by atoms with Gasteiger partial charge in [-0.3, -0.25) is 13.9 Å². The number of hydrogen-bond donors (Lipinski definition) is 1. The Labute approximate surface area is 234 Å². The third-order valence-electron chi connectivity index (χ3n) is 6.49. The molecule has 0 spiro atoms. The Bertz CT molecular complexity index is 1200. The molecule has 1 atom stereocenters. The maximum atomic E-state index is 13.4. The first kappa shape index (κ1) is 29.6. The van der Waals surface area contributed by atoms with E-state index in [0.717, 1.165) is 31.9 Å². The van der Waals surface area contributed by atoms with E-state index in [1.165, 1.54) is 9.21 Å². The van der Waals surface area contributed by atoms with Crippen molar-refractivity contribution in [3.05, 3.63) is 63.1 Å². The molecule has 1 aliphatic carbocycles. The molecule has 0 radical (unpaired) electrons. The summed E-state index contributed by atoms with van der Waals surface area (Å²) in [5.74, 6) is -0.492. The van der Waals surface area contributed by atoms with Crippen LogP contribution in [0.3, 0.4) is 0 Å². The summed E-state index contributed by atoms with van der Waals surface area (Å²) in [5.41, 5.74) is 1.13. The maximum absolute atomic E-state index is 13.4. The number of carbonyl (C=O) groups is 2. The summed E-state index contributed by atoms with van der Waals surface area (Å²) in [6.45, 7) is 1.92. The molecule has 1 N–H and O–H groups in total. The zero-order chi connectivity index (χ0) is 27.2. The molecular formula is C26H32Cl3N3O4S. The highest BCUT2D eigenvalue weighted by Gasteiger charge is 2.29. The van der Waals surface area contributed by atoms with E-state index in [-0.39, 0.29) is 43.8 Å². The van der Waals surface area contributed by atoms with E-state index in [1.54, 1.807) is 49.4 Å². The van der Waals surface area contributed by atoms with E-state index in [9.17, 15) is 18.0 Å². The molecule has 1 fully saturated rings. The fourth-order valence-corrected chi connectivity index (χ4v) is 5.98. The van der Waals surface area contributed by atoms with E-state index >= 15 is 0 Å². The van der Waals surface area contributed by atoms with Crippen LogP contribution in [0.25, 0.3) is 0 Å². The Kier molecular flexibility index (Phi) is 10.5. The molecule has 0 bridgehead atoms. The van der Waals surface area contributed by atoms with Crippen LogP contribution in [0.2, 0.25) is 15.1 Å². The number of benzene rings is 2. The highest BCUT2D eigenvalue weighted by atomic mass is 35.5. The van der Waals surface area contributed by atoms with Gasteiger partial charge in [-0.2, -0.15) is 0 Å². The van der Waals surface area contributed by atoms with Gasteiger partial charge in [-0.05, 0) is 68.1 Å². The minimum atomic E-state index is -3.58. The van der Waals surface area contributed by atoms with Crippen molar-refractivity contribution in [2.75, 3.05) is 17.1 Å². The molecule has 2 aromatic carbocycles. The molecule has 0 heterocycles. The second-order valence-electron chi connectivity index (χ2n) is 9.34. The number of hydrogen-bond acceptors (Lipinski definition) is 4. The lowest BCUT2D eigenvalue weighted by molar-refractivity contribution is -0.140. The fraction of sp³-hybridized carbons (Fsp3) is 0.462. The molecule has 1 aliphatic rings. The van der Waals surface area contributed by atoms with Crippen LogP contribution in [-0.2, 0) is 26.2 Å². The molecule has 2 amide bonds. The first-order valence-electron chi connectivity index (χ1n) is 12.2. The molecule has 0 saturated heterocycles. The number of anilines is 1. The van der Waals surface area contributed by atoms with Crippen LogP contribution in [0, 0.1) is 0 Å². The molecule has 0 unspecified atom stereocenters. The topological polar surface area (TPSA) is 86.8 Å². The van der Waals surface area contributed by atoms with Gasteiger partial charge in [-0.25, -0.2) is 8.42 Å². The third-order valence-corrected chi connectivity index (χ3v) is 8.52. The van der Waals surface area contributed by atoms with Crippen molar-refractivity contribution in [2.45, 2.75) is 64.1 Å². The highest BCUT2D eigenvalue weighted by molar-refractivity contribution is 7.92. The van der Waals surface area contributed by atoms with Gasteiger partial charge in [-0.15, -0.1) is 0 Å². The second-order valence-corrected chi connectivity index (χ2v) is 12.5. The van der Waals surface area contributed by atoms with Crippen molar-refractivity contribution in [3.63, 3.8) is 0 Å². The lowest BCUT2D eigenvalue weighted by Gasteiger charge is -2.30. The van der Waals surface area contributed by atoms with E-state index in [4.69, 9.17) is 34.8 Å². The number of nitrogens with zero attached hydrogens (tertiary/aromatic N) is 2. The molecule has 2 aromatic rings. The quantitative estimate of drug-likeness (QED) is 0.367. The standard InChI is InChI=1S/C26H32Cl3N3O4S/c1-18(26(34)30-22-6-3-4-7-22)31(17-19-9-10-21(28)16-24(19)29)25(33)8-5-15-32(37(2,35)36)23-13-11-20(27)12-14-23/h9-14,16,18,22H,3-8,15,17H2,1-2H3,(H,30,34)/t18-/m1/s1. The number of rotatable bonds is 11. The average molecular weight is 589 g/mol. The SMILES string of the molecule is C[C@H](C(=O)NC1CCCC1)N(Cc1ccc(Cl)cc1Cl)C(=O)CCCN(c1ccc(Cl)cc1)S(C)(=O)=O. The van der Waals surface area contributed by atoms with Crippen molar-refractivity contribution in [1.29, 1.82) is 0 Å². The summed E-state index contributed by atoms with van der Waals surface area (Å²) in [7, 11) is -3.58. The average Bonchev–Trinajstić information content (AvgIpc) is 3.34. The van der Waals surface area contributed by atoms with Gasteiger partial charge in [0.1, 0.15) is 6.04 Å². The Morgan fingerprint density at radius 2 is 1.65 bits per heavy atom. The van der Waals surface area contributed by atoms with Crippen LogP contribution in [0.4, 0.5) is 5.69 Å². The van der Waals surface area contributed by atoms with Crippen LogP contribution in [0.15, 0.2) is 42.5 Å². The summed E-state index contributed by atoms with van der Waals surface area (Å²) in [6, 6.07) is 10.9. The predicted octanol–water partition coefficient (Wildman–Crippen LogP) is 5.67. The first-order valence-corrected chi connectivity index (χ1v) is 15.2. The third kappa shape index (κ3) is 8.50. The van der Waals surface area contributed by atoms with Crippen molar-refractivity contribution >= 4 is 62.3 Å². The number of carbonyl (C=O) groups excluding carboxylic acids is 2. The van der Waals surface area contributed by atoms with Crippen LogP contribution in [0.1, 0.15) is 51.0 Å².